The Morgan fingerprint density at radius 3 is 2.60 bits per heavy atom. The number of tetrazole rings is 1. The zero-order valence-corrected chi connectivity index (χ0v) is 13.1. The molecule has 0 spiro atoms. The summed E-state index contributed by atoms with van der Waals surface area (Å²) in [6.45, 7) is 0. The first-order valence-corrected chi connectivity index (χ1v) is 7.71. The largest absolute Gasteiger partial charge is 0.354 e. The lowest BCUT2D eigenvalue weighted by atomic mass is 10.0. The maximum atomic E-state index is 9.77. The summed E-state index contributed by atoms with van der Waals surface area (Å²) in [5.41, 5.74) is 3.56. The number of H-pyrrole nitrogens is 1. The van der Waals surface area contributed by atoms with Gasteiger partial charge >= 0.3 is 0 Å². The van der Waals surface area contributed by atoms with Gasteiger partial charge in [-0.1, -0.05) is 36.4 Å². The van der Waals surface area contributed by atoms with Gasteiger partial charge in [-0.3, -0.25) is 4.98 Å². The van der Waals surface area contributed by atoms with Crippen LogP contribution in [0.5, 0.6) is 0 Å². The van der Waals surface area contributed by atoms with Gasteiger partial charge in [-0.25, -0.2) is 5.10 Å². The van der Waals surface area contributed by atoms with Crippen molar-refractivity contribution in [3.05, 3.63) is 71.7 Å². The van der Waals surface area contributed by atoms with Crippen molar-refractivity contribution in [2.75, 3.05) is 5.32 Å². The molecule has 0 saturated carbocycles. The number of nitrogens with one attached hydrogen (secondary N) is 2. The van der Waals surface area contributed by atoms with Crippen molar-refractivity contribution in [2.24, 2.45) is 0 Å². The van der Waals surface area contributed by atoms with Crippen molar-refractivity contribution < 1.29 is 0 Å². The molecule has 0 fully saturated rings. The fourth-order valence-electron chi connectivity index (χ4n) is 2.72. The zero-order valence-electron chi connectivity index (χ0n) is 13.1. The first kappa shape index (κ1) is 14.8. The highest BCUT2D eigenvalue weighted by Crippen LogP contribution is 2.31. The molecule has 0 aliphatic carbocycles. The lowest BCUT2D eigenvalue weighted by molar-refractivity contribution is 0.881. The molecule has 2 aromatic heterocycles. The van der Waals surface area contributed by atoms with Crippen molar-refractivity contribution in [3.63, 3.8) is 0 Å². The lowest BCUT2D eigenvalue weighted by Crippen LogP contribution is -2.04. The van der Waals surface area contributed by atoms with E-state index in [1.807, 2.05) is 54.6 Å². The van der Waals surface area contributed by atoms with Gasteiger partial charge in [0.25, 0.3) is 0 Å². The molecule has 0 amide bonds. The van der Waals surface area contributed by atoms with E-state index in [-0.39, 0.29) is 0 Å². The van der Waals surface area contributed by atoms with E-state index < -0.39 is 0 Å². The number of fused-ring (bicyclic) bond motifs is 1. The minimum atomic E-state index is 0.351. The molecule has 0 atom stereocenters. The highest BCUT2D eigenvalue weighted by Gasteiger charge is 2.16. The number of para-hydroxylation sites is 2. The second-order valence-electron chi connectivity index (χ2n) is 5.45. The number of nitriles is 1. The van der Waals surface area contributed by atoms with Crippen LogP contribution >= 0.6 is 0 Å². The second kappa shape index (κ2) is 6.37. The van der Waals surface area contributed by atoms with E-state index in [2.05, 4.69) is 37.0 Å². The molecule has 7 nitrogen and oxygen atoms in total. The van der Waals surface area contributed by atoms with Crippen LogP contribution in [0.2, 0.25) is 0 Å². The normalized spacial score (nSPS) is 10.5. The summed E-state index contributed by atoms with van der Waals surface area (Å²) in [6, 6.07) is 19.8. The molecule has 4 rings (SSSR count). The number of rotatable bonds is 4. The number of anilines is 2. The number of pyridine rings is 1. The molecule has 25 heavy (non-hydrogen) atoms. The lowest BCUT2D eigenvalue weighted by Gasteiger charge is -2.14. The van der Waals surface area contributed by atoms with Crippen LogP contribution in [-0.4, -0.2) is 25.6 Å². The molecule has 0 unspecified atom stereocenters. The van der Waals surface area contributed by atoms with E-state index in [1.165, 1.54) is 0 Å². The van der Waals surface area contributed by atoms with Crippen LogP contribution in [0.1, 0.15) is 17.1 Å². The summed E-state index contributed by atoms with van der Waals surface area (Å²) >= 11 is 0. The van der Waals surface area contributed by atoms with Crippen LogP contribution in [0, 0.1) is 11.3 Å². The number of hydrogen-bond donors (Lipinski definition) is 2. The first-order chi connectivity index (χ1) is 12.3. The number of aromatic nitrogens is 5. The average Bonchev–Trinajstić information content (AvgIpc) is 3.16. The van der Waals surface area contributed by atoms with Crippen LogP contribution in [-0.2, 0) is 6.42 Å². The third-order valence-electron chi connectivity index (χ3n) is 3.85. The topological polar surface area (TPSA) is 103 Å². The van der Waals surface area contributed by atoms with E-state index in [9.17, 15) is 5.26 Å². The Labute approximate surface area is 143 Å². The first-order valence-electron chi connectivity index (χ1n) is 7.71. The van der Waals surface area contributed by atoms with Gasteiger partial charge in [-0.15, -0.1) is 5.10 Å². The van der Waals surface area contributed by atoms with Gasteiger partial charge in [-0.05, 0) is 28.6 Å². The maximum Gasteiger partial charge on any atom is 0.154 e. The third-order valence-corrected chi connectivity index (χ3v) is 3.85. The van der Waals surface area contributed by atoms with Gasteiger partial charge in [0.05, 0.1) is 28.9 Å². The fourth-order valence-corrected chi connectivity index (χ4v) is 2.72. The highest BCUT2D eigenvalue weighted by atomic mass is 15.5. The van der Waals surface area contributed by atoms with E-state index in [0.29, 0.717) is 23.5 Å². The Balaban J connectivity index is 1.90. The monoisotopic (exact) mass is 327 g/mol. The Kier molecular flexibility index (Phi) is 3.77. The second-order valence-corrected chi connectivity index (χ2v) is 5.45. The minimum Gasteiger partial charge on any atom is -0.354 e. The molecular weight excluding hydrogens is 314 g/mol. The van der Waals surface area contributed by atoms with E-state index in [0.717, 1.165) is 22.3 Å². The number of aromatic amines is 1. The highest BCUT2D eigenvalue weighted by molar-refractivity contribution is 5.96. The zero-order chi connectivity index (χ0) is 17.1. The molecule has 2 heterocycles. The summed E-state index contributed by atoms with van der Waals surface area (Å²) in [7, 11) is 0. The number of nitrogens with zero attached hydrogens (tertiary/aromatic N) is 5. The Hall–Kier alpha value is -3.79. The molecule has 0 saturated heterocycles. The van der Waals surface area contributed by atoms with Crippen LogP contribution in [0.25, 0.3) is 10.9 Å². The number of hydrogen-bond acceptors (Lipinski definition) is 6. The van der Waals surface area contributed by atoms with Gasteiger partial charge in [0.15, 0.2) is 5.82 Å². The van der Waals surface area contributed by atoms with E-state index in [1.54, 1.807) is 0 Å². The Bertz CT molecular complexity index is 1050. The van der Waals surface area contributed by atoms with Crippen molar-refractivity contribution in [1.29, 1.82) is 5.26 Å². The molecular formula is C18H13N7. The average molecular weight is 327 g/mol. The van der Waals surface area contributed by atoms with Crippen LogP contribution < -0.4 is 5.32 Å². The maximum absolute atomic E-state index is 9.77. The Morgan fingerprint density at radius 1 is 1.04 bits per heavy atom. The molecule has 0 bridgehead atoms. The van der Waals surface area contributed by atoms with Crippen molar-refractivity contribution in [2.45, 2.75) is 6.42 Å². The summed E-state index contributed by atoms with van der Waals surface area (Å²) < 4.78 is 0. The molecule has 0 aliphatic rings. The quantitative estimate of drug-likeness (QED) is 0.597. The summed E-state index contributed by atoms with van der Waals surface area (Å²) in [4.78, 5) is 4.65. The molecule has 0 radical (unpaired) electrons. The molecule has 2 N–H and O–H groups in total. The van der Waals surface area contributed by atoms with E-state index in [4.69, 9.17) is 0 Å². The molecule has 120 valence electrons. The van der Waals surface area contributed by atoms with Gasteiger partial charge in [0, 0.05) is 11.1 Å². The van der Waals surface area contributed by atoms with Gasteiger partial charge in [0.2, 0.25) is 0 Å². The standard InChI is InChI=1S/C18H13N7/c19-11-14-16(10-17-22-24-25-23-17)21-15-9-5-4-8-13(15)18(14)20-12-6-2-1-3-7-12/h1-9H,10H2,(H,20,21)(H,22,23,24,25). The summed E-state index contributed by atoms with van der Waals surface area (Å²) in [5, 5.41) is 27.8. The molecule has 2 aromatic carbocycles. The van der Waals surface area contributed by atoms with Crippen molar-refractivity contribution in [3.8, 4) is 6.07 Å². The molecule has 4 aromatic rings. The predicted octanol–water partition coefficient (Wildman–Crippen LogP) is 2.95. The van der Waals surface area contributed by atoms with Crippen molar-refractivity contribution >= 4 is 22.3 Å². The fraction of sp³-hybridized carbons (Fsp3) is 0.0556. The summed E-state index contributed by atoms with van der Waals surface area (Å²) in [5.74, 6) is 0.560. The molecule has 0 aliphatic heterocycles. The van der Waals surface area contributed by atoms with E-state index >= 15 is 0 Å². The third kappa shape index (κ3) is 2.88. The molecule has 7 heteroatoms. The Morgan fingerprint density at radius 2 is 1.84 bits per heavy atom. The minimum absolute atomic E-state index is 0.351. The van der Waals surface area contributed by atoms with Gasteiger partial charge in [-0.2, -0.15) is 5.26 Å². The van der Waals surface area contributed by atoms with Crippen LogP contribution in [0.15, 0.2) is 54.6 Å². The SMILES string of the molecule is N#Cc1c(Cc2nnn[nH]2)nc2ccccc2c1Nc1ccccc1. The van der Waals surface area contributed by atoms with Gasteiger partial charge in [0.1, 0.15) is 6.07 Å². The smallest absolute Gasteiger partial charge is 0.154 e. The van der Waals surface area contributed by atoms with Crippen LogP contribution in [0.3, 0.4) is 0 Å². The summed E-state index contributed by atoms with van der Waals surface area (Å²) in [6.07, 6.45) is 0.351. The van der Waals surface area contributed by atoms with Crippen LogP contribution in [0.4, 0.5) is 11.4 Å². The number of benzene rings is 2. The predicted molar refractivity (Wildman–Crippen MR) is 93.2 cm³/mol. The van der Waals surface area contributed by atoms with Gasteiger partial charge < -0.3 is 5.32 Å². The van der Waals surface area contributed by atoms with Crippen molar-refractivity contribution in [1.82, 2.24) is 25.6 Å².